The molecule has 0 aliphatic rings. The first-order chi connectivity index (χ1) is 9.74. The predicted octanol–water partition coefficient (Wildman–Crippen LogP) is 3.39. The van der Waals surface area contributed by atoms with Gasteiger partial charge in [0.15, 0.2) is 0 Å². The van der Waals surface area contributed by atoms with Crippen molar-refractivity contribution >= 4 is 5.71 Å². The number of benzene rings is 2. The van der Waals surface area contributed by atoms with Gasteiger partial charge in [-0.05, 0) is 18.9 Å². The zero-order valence-electron chi connectivity index (χ0n) is 12.1. The number of nitrogens with zero attached hydrogens (tertiary/aromatic N) is 1. The minimum Gasteiger partial charge on any atom is -0.394 e. The summed E-state index contributed by atoms with van der Waals surface area (Å²) in [6.07, 6.45) is 1.04. The highest BCUT2D eigenvalue weighted by atomic mass is 16.3. The molecule has 0 aliphatic carbocycles. The van der Waals surface area contributed by atoms with Crippen LogP contribution in [0.4, 0.5) is 0 Å². The third-order valence-electron chi connectivity index (χ3n) is 3.33. The smallest absolute Gasteiger partial charge is 0.0719 e. The third kappa shape index (κ3) is 3.55. The van der Waals surface area contributed by atoms with Gasteiger partial charge in [0.05, 0.1) is 18.9 Å². The van der Waals surface area contributed by atoms with Crippen LogP contribution in [0.2, 0.25) is 0 Å². The summed E-state index contributed by atoms with van der Waals surface area (Å²) >= 11 is 0. The molecule has 0 fully saturated rings. The van der Waals surface area contributed by atoms with Crippen molar-refractivity contribution in [1.29, 1.82) is 0 Å². The number of hydrogen-bond donors (Lipinski definition) is 1. The van der Waals surface area contributed by atoms with E-state index in [0.717, 1.165) is 23.3 Å². The van der Waals surface area contributed by atoms with Crippen molar-refractivity contribution in [2.75, 3.05) is 13.2 Å². The second-order valence-corrected chi connectivity index (χ2v) is 4.87. The van der Waals surface area contributed by atoms with Crippen LogP contribution in [0.5, 0.6) is 0 Å². The Labute approximate surface area is 120 Å². The van der Waals surface area contributed by atoms with Gasteiger partial charge in [-0.15, -0.1) is 0 Å². The average molecular weight is 267 g/mol. The fourth-order valence-corrected chi connectivity index (χ4v) is 2.12. The Morgan fingerprint density at radius 3 is 2.00 bits per heavy atom. The normalized spacial score (nSPS) is 11.7. The summed E-state index contributed by atoms with van der Waals surface area (Å²) in [5.41, 5.74) is 5.69. The lowest BCUT2D eigenvalue weighted by Crippen LogP contribution is -2.06. The number of aryl methyl sites for hydroxylation is 2. The molecule has 104 valence electrons. The van der Waals surface area contributed by atoms with Gasteiger partial charge in [0.2, 0.25) is 0 Å². The largest absolute Gasteiger partial charge is 0.394 e. The first-order valence-corrected chi connectivity index (χ1v) is 7.06. The van der Waals surface area contributed by atoms with Gasteiger partial charge in [0.25, 0.3) is 0 Å². The number of aliphatic hydroxyl groups excluding tert-OH is 1. The lowest BCUT2D eigenvalue weighted by molar-refractivity contribution is 0.307. The molecule has 2 nitrogen and oxygen atoms in total. The van der Waals surface area contributed by atoms with Gasteiger partial charge in [-0.2, -0.15) is 0 Å². The van der Waals surface area contributed by atoms with Gasteiger partial charge in [-0.1, -0.05) is 61.0 Å². The maximum absolute atomic E-state index is 9.03. The summed E-state index contributed by atoms with van der Waals surface area (Å²) in [4.78, 5) is 4.53. The SMILES string of the molecule is CCc1ccc(/C(=N\CCO)c2ccc(C)cc2)cc1. The van der Waals surface area contributed by atoms with E-state index in [4.69, 9.17) is 5.11 Å². The average Bonchev–Trinajstić information content (AvgIpc) is 2.50. The Morgan fingerprint density at radius 2 is 1.50 bits per heavy atom. The molecule has 0 radical (unpaired) electrons. The van der Waals surface area contributed by atoms with Gasteiger partial charge in [-0.25, -0.2) is 0 Å². The Bertz CT molecular complexity index is 567. The van der Waals surface area contributed by atoms with Crippen LogP contribution in [0.3, 0.4) is 0 Å². The molecule has 0 aromatic heterocycles. The van der Waals surface area contributed by atoms with Crippen LogP contribution in [0.1, 0.15) is 29.2 Å². The Morgan fingerprint density at radius 1 is 0.950 bits per heavy atom. The second-order valence-electron chi connectivity index (χ2n) is 4.87. The number of hydrogen-bond acceptors (Lipinski definition) is 2. The molecular weight excluding hydrogens is 246 g/mol. The van der Waals surface area contributed by atoms with E-state index in [-0.39, 0.29) is 6.61 Å². The van der Waals surface area contributed by atoms with Crippen LogP contribution in [-0.4, -0.2) is 24.0 Å². The fraction of sp³-hybridized carbons (Fsp3) is 0.278. The van der Waals surface area contributed by atoms with Crippen molar-refractivity contribution < 1.29 is 5.11 Å². The van der Waals surface area contributed by atoms with Crippen molar-refractivity contribution in [3.05, 3.63) is 70.8 Å². The first-order valence-electron chi connectivity index (χ1n) is 7.06. The molecule has 0 saturated heterocycles. The highest BCUT2D eigenvalue weighted by Crippen LogP contribution is 2.14. The van der Waals surface area contributed by atoms with Crippen molar-refractivity contribution in [2.45, 2.75) is 20.3 Å². The molecule has 0 aliphatic heterocycles. The molecule has 0 saturated carbocycles. The molecule has 2 aromatic carbocycles. The summed E-state index contributed by atoms with van der Waals surface area (Å²) in [6.45, 7) is 4.72. The van der Waals surface area contributed by atoms with E-state index in [1.54, 1.807) is 0 Å². The van der Waals surface area contributed by atoms with Gasteiger partial charge >= 0.3 is 0 Å². The fourth-order valence-electron chi connectivity index (χ4n) is 2.12. The molecule has 0 amide bonds. The molecule has 0 bridgehead atoms. The van der Waals surface area contributed by atoms with Crippen molar-refractivity contribution in [3.8, 4) is 0 Å². The molecular formula is C18H21NO. The van der Waals surface area contributed by atoms with Crippen LogP contribution in [-0.2, 0) is 6.42 Å². The highest BCUT2D eigenvalue weighted by molar-refractivity contribution is 6.12. The summed E-state index contributed by atoms with van der Waals surface area (Å²) in [5, 5.41) is 9.03. The molecule has 0 atom stereocenters. The third-order valence-corrected chi connectivity index (χ3v) is 3.33. The molecule has 1 N–H and O–H groups in total. The van der Waals surface area contributed by atoms with Crippen molar-refractivity contribution in [2.24, 2.45) is 4.99 Å². The molecule has 2 rings (SSSR count). The zero-order valence-corrected chi connectivity index (χ0v) is 12.1. The maximum Gasteiger partial charge on any atom is 0.0719 e. The Balaban J connectivity index is 2.38. The molecule has 2 aromatic rings. The van der Waals surface area contributed by atoms with Gasteiger partial charge in [0, 0.05) is 11.1 Å². The summed E-state index contributed by atoms with van der Waals surface area (Å²) in [7, 11) is 0. The number of aliphatic hydroxyl groups is 1. The first kappa shape index (κ1) is 14.5. The zero-order chi connectivity index (χ0) is 14.4. The van der Waals surface area contributed by atoms with E-state index >= 15 is 0 Å². The van der Waals surface area contributed by atoms with E-state index < -0.39 is 0 Å². The van der Waals surface area contributed by atoms with Crippen LogP contribution in [0.25, 0.3) is 0 Å². The van der Waals surface area contributed by atoms with Crippen molar-refractivity contribution in [3.63, 3.8) is 0 Å². The lowest BCUT2D eigenvalue weighted by atomic mass is 9.99. The van der Waals surface area contributed by atoms with E-state index in [1.807, 2.05) is 0 Å². The number of aliphatic imine (C=N–C) groups is 1. The Kier molecular flexibility index (Phi) is 5.08. The molecule has 0 heterocycles. The van der Waals surface area contributed by atoms with Crippen LogP contribution in [0.15, 0.2) is 53.5 Å². The van der Waals surface area contributed by atoms with Crippen LogP contribution in [0, 0.1) is 6.92 Å². The molecule has 0 unspecified atom stereocenters. The van der Waals surface area contributed by atoms with Crippen molar-refractivity contribution in [1.82, 2.24) is 0 Å². The van der Waals surface area contributed by atoms with E-state index in [9.17, 15) is 0 Å². The quantitative estimate of drug-likeness (QED) is 0.828. The molecule has 0 spiro atoms. The highest BCUT2D eigenvalue weighted by Gasteiger charge is 2.06. The monoisotopic (exact) mass is 267 g/mol. The van der Waals surface area contributed by atoms with Gasteiger partial charge in [-0.3, -0.25) is 4.99 Å². The minimum absolute atomic E-state index is 0.0718. The second kappa shape index (κ2) is 7.01. The van der Waals surface area contributed by atoms with Gasteiger partial charge in [0.1, 0.15) is 0 Å². The Hall–Kier alpha value is -1.93. The van der Waals surface area contributed by atoms with E-state index in [0.29, 0.717) is 6.54 Å². The number of rotatable bonds is 5. The summed E-state index contributed by atoms with van der Waals surface area (Å²) in [6, 6.07) is 16.8. The topological polar surface area (TPSA) is 32.6 Å². The summed E-state index contributed by atoms with van der Waals surface area (Å²) in [5.74, 6) is 0. The summed E-state index contributed by atoms with van der Waals surface area (Å²) < 4.78 is 0. The standard InChI is InChI=1S/C18H21NO/c1-3-15-6-10-17(11-7-15)18(19-12-13-20)16-8-4-14(2)5-9-16/h4-11,20H,3,12-13H2,1-2H3/b19-18-. The van der Waals surface area contributed by atoms with Crippen LogP contribution >= 0.6 is 0 Å². The van der Waals surface area contributed by atoms with E-state index in [2.05, 4.69) is 67.4 Å². The van der Waals surface area contributed by atoms with Gasteiger partial charge < -0.3 is 5.11 Å². The minimum atomic E-state index is 0.0718. The molecule has 20 heavy (non-hydrogen) atoms. The van der Waals surface area contributed by atoms with E-state index in [1.165, 1.54) is 11.1 Å². The lowest BCUT2D eigenvalue weighted by Gasteiger charge is -2.09. The van der Waals surface area contributed by atoms with Crippen LogP contribution < -0.4 is 0 Å². The maximum atomic E-state index is 9.03. The predicted molar refractivity (Wildman–Crippen MR) is 84.6 cm³/mol. The molecule has 2 heteroatoms.